The summed E-state index contributed by atoms with van der Waals surface area (Å²) in [5.74, 6) is 0.932. The summed E-state index contributed by atoms with van der Waals surface area (Å²) < 4.78 is 45.6. The predicted octanol–water partition coefficient (Wildman–Crippen LogP) is 4.27. The average Bonchev–Trinajstić information content (AvgIpc) is 2.71. The molecule has 0 amide bonds. The second-order valence-corrected chi connectivity index (χ2v) is 7.40. The van der Waals surface area contributed by atoms with Crippen molar-refractivity contribution >= 4 is 22.8 Å². The number of rotatable bonds is 4. The van der Waals surface area contributed by atoms with Crippen LogP contribution in [0.2, 0.25) is 0 Å². The molecule has 3 heterocycles. The number of benzene rings is 1. The van der Waals surface area contributed by atoms with Crippen LogP contribution in [0, 0.1) is 0 Å². The molecule has 1 aliphatic heterocycles. The normalized spacial score (nSPS) is 19.8. The van der Waals surface area contributed by atoms with Gasteiger partial charge in [0.15, 0.2) is 5.65 Å². The first-order valence-electron chi connectivity index (χ1n) is 9.72. The van der Waals surface area contributed by atoms with Gasteiger partial charge in [0.2, 0.25) is 5.95 Å². The average molecular weight is 417 g/mol. The highest BCUT2D eigenvalue weighted by atomic mass is 19.4. The van der Waals surface area contributed by atoms with Gasteiger partial charge in [-0.1, -0.05) is 18.2 Å². The Morgan fingerprint density at radius 1 is 1.07 bits per heavy atom. The van der Waals surface area contributed by atoms with Crippen molar-refractivity contribution < 1.29 is 17.9 Å². The number of hydrogen-bond donors (Lipinski definition) is 1. The summed E-state index contributed by atoms with van der Waals surface area (Å²) in [5.41, 5.74) is -0.0278. The molecule has 30 heavy (non-hydrogen) atoms. The van der Waals surface area contributed by atoms with Crippen LogP contribution in [0.25, 0.3) is 11.0 Å². The van der Waals surface area contributed by atoms with Crippen LogP contribution in [0.15, 0.2) is 42.6 Å². The highest BCUT2D eigenvalue weighted by molar-refractivity contribution is 5.87. The second-order valence-electron chi connectivity index (χ2n) is 7.40. The number of halogens is 3. The zero-order valence-electron chi connectivity index (χ0n) is 16.6. The standard InChI is InChI=1S/C21H22F3N5O/c1-13-11-30-12-14(2)29(13)20-27-18-16(7-5-9-25-18)19(28-20)26-10-15-6-3-4-8-17(15)21(22,23)24/h3-9,13-14H,10-12H2,1-2H3,(H,25,26,27,28)/t13-,14?/m1/s1. The minimum Gasteiger partial charge on any atom is -0.377 e. The summed E-state index contributed by atoms with van der Waals surface area (Å²) in [6.45, 7) is 5.12. The molecule has 2 aromatic heterocycles. The van der Waals surface area contributed by atoms with Crippen LogP contribution in [0.1, 0.15) is 25.0 Å². The third kappa shape index (κ3) is 4.02. The van der Waals surface area contributed by atoms with Gasteiger partial charge in [0.05, 0.1) is 36.2 Å². The molecule has 1 aromatic carbocycles. The molecule has 3 aromatic rings. The number of morpholine rings is 1. The van der Waals surface area contributed by atoms with E-state index in [0.29, 0.717) is 36.0 Å². The van der Waals surface area contributed by atoms with Crippen molar-refractivity contribution in [2.24, 2.45) is 0 Å². The van der Waals surface area contributed by atoms with Gasteiger partial charge in [-0.05, 0) is 37.6 Å². The van der Waals surface area contributed by atoms with Gasteiger partial charge in [-0.25, -0.2) is 4.98 Å². The first-order chi connectivity index (χ1) is 14.3. The predicted molar refractivity (Wildman–Crippen MR) is 108 cm³/mol. The van der Waals surface area contributed by atoms with Crippen LogP contribution >= 0.6 is 0 Å². The lowest BCUT2D eigenvalue weighted by atomic mass is 10.1. The third-order valence-electron chi connectivity index (χ3n) is 5.13. The van der Waals surface area contributed by atoms with Gasteiger partial charge in [-0.3, -0.25) is 0 Å². The summed E-state index contributed by atoms with van der Waals surface area (Å²) in [5, 5.41) is 3.73. The monoisotopic (exact) mass is 417 g/mol. The lowest BCUT2D eigenvalue weighted by Crippen LogP contribution is -2.50. The molecule has 0 aliphatic carbocycles. The van der Waals surface area contributed by atoms with Crippen molar-refractivity contribution in [1.29, 1.82) is 0 Å². The maximum absolute atomic E-state index is 13.3. The van der Waals surface area contributed by atoms with Crippen molar-refractivity contribution in [1.82, 2.24) is 15.0 Å². The molecule has 0 radical (unpaired) electrons. The third-order valence-corrected chi connectivity index (χ3v) is 5.13. The molecule has 1 fully saturated rings. The lowest BCUT2D eigenvalue weighted by molar-refractivity contribution is -0.138. The van der Waals surface area contributed by atoms with Crippen molar-refractivity contribution in [3.05, 3.63) is 53.7 Å². The molecule has 1 unspecified atom stereocenters. The summed E-state index contributed by atoms with van der Waals surface area (Å²) >= 11 is 0. The summed E-state index contributed by atoms with van der Waals surface area (Å²) in [6, 6.07) is 9.20. The largest absolute Gasteiger partial charge is 0.416 e. The van der Waals surface area contributed by atoms with E-state index in [1.165, 1.54) is 12.1 Å². The molecule has 158 valence electrons. The molecule has 6 nitrogen and oxygen atoms in total. The Morgan fingerprint density at radius 2 is 1.80 bits per heavy atom. The Morgan fingerprint density at radius 3 is 2.53 bits per heavy atom. The summed E-state index contributed by atoms with van der Waals surface area (Å²) in [7, 11) is 0. The number of hydrogen-bond acceptors (Lipinski definition) is 6. The van der Waals surface area contributed by atoms with E-state index in [0.717, 1.165) is 6.07 Å². The first-order valence-corrected chi connectivity index (χ1v) is 9.72. The SMILES string of the molecule is CC1COC[C@@H](C)N1c1nc(NCc2ccccc2C(F)(F)F)c2cccnc2n1. The molecule has 0 spiro atoms. The zero-order valence-corrected chi connectivity index (χ0v) is 16.6. The van der Waals surface area contributed by atoms with Gasteiger partial charge in [0.25, 0.3) is 0 Å². The lowest BCUT2D eigenvalue weighted by Gasteiger charge is -2.38. The molecular weight excluding hydrogens is 395 g/mol. The Bertz CT molecular complexity index is 1030. The maximum atomic E-state index is 13.3. The van der Waals surface area contributed by atoms with Gasteiger partial charge in [0.1, 0.15) is 5.82 Å². The molecule has 0 saturated carbocycles. The van der Waals surface area contributed by atoms with Crippen LogP contribution in [-0.4, -0.2) is 40.2 Å². The summed E-state index contributed by atoms with van der Waals surface area (Å²) in [6.07, 6.45) is -2.79. The van der Waals surface area contributed by atoms with E-state index < -0.39 is 11.7 Å². The fourth-order valence-corrected chi connectivity index (χ4v) is 3.73. The fourth-order valence-electron chi connectivity index (χ4n) is 3.73. The van der Waals surface area contributed by atoms with Gasteiger partial charge in [-0.2, -0.15) is 23.1 Å². The van der Waals surface area contributed by atoms with Crippen LogP contribution < -0.4 is 10.2 Å². The fraction of sp³-hybridized carbons (Fsp3) is 0.381. The second kappa shape index (κ2) is 8.06. The molecular formula is C21H22F3N5O. The topological polar surface area (TPSA) is 63.2 Å². The number of alkyl halides is 3. The van der Waals surface area contributed by atoms with E-state index in [4.69, 9.17) is 4.74 Å². The Hall–Kier alpha value is -2.94. The van der Waals surface area contributed by atoms with Gasteiger partial charge in [-0.15, -0.1) is 0 Å². The molecule has 1 aliphatic rings. The highest BCUT2D eigenvalue weighted by Crippen LogP contribution is 2.33. The number of nitrogens with zero attached hydrogens (tertiary/aromatic N) is 4. The molecule has 1 saturated heterocycles. The number of anilines is 2. The van der Waals surface area contributed by atoms with E-state index >= 15 is 0 Å². The Kier molecular flexibility index (Phi) is 5.46. The van der Waals surface area contributed by atoms with Gasteiger partial charge < -0.3 is 15.0 Å². The van der Waals surface area contributed by atoms with Crippen molar-refractivity contribution in [2.75, 3.05) is 23.4 Å². The number of fused-ring (bicyclic) bond motifs is 1. The summed E-state index contributed by atoms with van der Waals surface area (Å²) in [4.78, 5) is 15.7. The number of ether oxygens (including phenoxy) is 1. The molecule has 1 N–H and O–H groups in total. The van der Waals surface area contributed by atoms with Crippen LogP contribution in [-0.2, 0) is 17.5 Å². The van der Waals surface area contributed by atoms with Crippen molar-refractivity contribution in [2.45, 2.75) is 38.7 Å². The van der Waals surface area contributed by atoms with E-state index in [2.05, 4.69) is 25.2 Å². The maximum Gasteiger partial charge on any atom is 0.416 e. The first kappa shape index (κ1) is 20.3. The van der Waals surface area contributed by atoms with Crippen LogP contribution in [0.5, 0.6) is 0 Å². The molecule has 4 rings (SSSR count). The van der Waals surface area contributed by atoms with Crippen molar-refractivity contribution in [3.63, 3.8) is 0 Å². The minimum absolute atomic E-state index is 0.0235. The highest BCUT2D eigenvalue weighted by Gasteiger charge is 2.33. The minimum atomic E-state index is -4.42. The van der Waals surface area contributed by atoms with E-state index in [1.807, 2.05) is 13.8 Å². The van der Waals surface area contributed by atoms with E-state index in [-0.39, 0.29) is 24.2 Å². The van der Waals surface area contributed by atoms with E-state index in [9.17, 15) is 13.2 Å². The smallest absolute Gasteiger partial charge is 0.377 e. The number of aromatic nitrogens is 3. The van der Waals surface area contributed by atoms with Crippen molar-refractivity contribution in [3.8, 4) is 0 Å². The Labute approximate surface area is 172 Å². The Balaban J connectivity index is 1.71. The van der Waals surface area contributed by atoms with Gasteiger partial charge in [0, 0.05) is 12.7 Å². The quantitative estimate of drug-likeness (QED) is 0.684. The molecule has 2 atom stereocenters. The number of pyridine rings is 1. The van der Waals surface area contributed by atoms with Crippen LogP contribution in [0.4, 0.5) is 24.9 Å². The molecule has 9 heteroatoms. The zero-order chi connectivity index (χ0) is 21.3. The number of nitrogens with one attached hydrogen (secondary N) is 1. The van der Waals surface area contributed by atoms with Crippen LogP contribution in [0.3, 0.4) is 0 Å². The molecule has 0 bridgehead atoms. The van der Waals surface area contributed by atoms with E-state index in [1.54, 1.807) is 24.4 Å². The van der Waals surface area contributed by atoms with Gasteiger partial charge >= 0.3 is 6.18 Å².